The summed E-state index contributed by atoms with van der Waals surface area (Å²) < 4.78 is 42.1. The molecule has 2 aromatic rings. The van der Waals surface area contributed by atoms with Gasteiger partial charge in [-0.1, -0.05) is 15.9 Å². The zero-order chi connectivity index (χ0) is 19.1. The maximum atomic E-state index is 13.6. The first kappa shape index (κ1) is 19.4. The summed E-state index contributed by atoms with van der Waals surface area (Å²) in [6.07, 6.45) is -2.94. The summed E-state index contributed by atoms with van der Waals surface area (Å²) in [5, 5.41) is 0.198. The number of piperidine rings is 1. The van der Waals surface area contributed by atoms with Gasteiger partial charge in [0.1, 0.15) is 0 Å². The predicted molar refractivity (Wildman–Crippen MR) is 98.1 cm³/mol. The lowest BCUT2D eigenvalue weighted by atomic mass is 9.96. The van der Waals surface area contributed by atoms with Crippen molar-refractivity contribution in [2.45, 2.75) is 45.5 Å². The second-order valence-electron chi connectivity index (χ2n) is 7.11. The Balaban J connectivity index is 2.05. The van der Waals surface area contributed by atoms with Gasteiger partial charge in [-0.2, -0.15) is 13.2 Å². The zero-order valence-electron chi connectivity index (χ0n) is 14.7. The summed E-state index contributed by atoms with van der Waals surface area (Å²) in [5.74, 6) is -1.12. The highest BCUT2D eigenvalue weighted by molar-refractivity contribution is 9.10. The number of likely N-dealkylation sites (tertiary alicyclic amines) is 1. The minimum Gasteiger partial charge on any atom is -0.301 e. The molecule has 1 aliphatic rings. The van der Waals surface area contributed by atoms with E-state index in [9.17, 15) is 18.0 Å². The number of benzene rings is 1. The van der Waals surface area contributed by atoms with Crippen molar-refractivity contribution >= 4 is 26.8 Å². The monoisotopic (exact) mass is 431 g/mol. The van der Waals surface area contributed by atoms with Crippen molar-refractivity contribution in [3.8, 4) is 0 Å². The third kappa shape index (κ3) is 3.96. The van der Waals surface area contributed by atoms with Crippen LogP contribution in [0.25, 0.3) is 10.9 Å². The van der Waals surface area contributed by atoms with E-state index in [0.717, 1.165) is 24.0 Å². The molecule has 0 N–H and O–H groups in total. The number of halogens is 4. The molecule has 0 aliphatic carbocycles. The molecule has 0 spiro atoms. The third-order valence-electron chi connectivity index (χ3n) is 4.89. The predicted octanol–water partition coefficient (Wildman–Crippen LogP) is 4.30. The van der Waals surface area contributed by atoms with Crippen LogP contribution < -0.4 is 5.56 Å². The molecule has 0 saturated carbocycles. The SMILES string of the molecule is CC(C)N1CCC[C@H](Cn2c(C(F)(F)F)nc3ccc(Br)cc3c2=O)C1. The standard InChI is InChI=1S/C18H21BrF3N3O/c1-11(2)24-7-3-4-12(9-24)10-25-16(26)14-8-13(19)5-6-15(14)23-17(25)18(20,21)22/h5-6,8,11-12H,3-4,7,9-10H2,1-2H3/t12-/m0/s1. The lowest BCUT2D eigenvalue weighted by Crippen LogP contribution is -2.43. The molecule has 1 saturated heterocycles. The number of fused-ring (bicyclic) bond motifs is 1. The van der Waals surface area contributed by atoms with Crippen LogP contribution >= 0.6 is 15.9 Å². The Labute approximate surface area is 158 Å². The van der Waals surface area contributed by atoms with Crippen molar-refractivity contribution in [2.24, 2.45) is 5.92 Å². The van der Waals surface area contributed by atoms with Gasteiger partial charge < -0.3 is 4.90 Å². The van der Waals surface area contributed by atoms with Gasteiger partial charge in [-0.25, -0.2) is 4.98 Å². The van der Waals surface area contributed by atoms with E-state index in [1.807, 2.05) is 0 Å². The molecule has 2 heterocycles. The average molecular weight is 432 g/mol. The Morgan fingerprint density at radius 2 is 2.08 bits per heavy atom. The van der Waals surface area contributed by atoms with Gasteiger partial charge >= 0.3 is 6.18 Å². The second-order valence-corrected chi connectivity index (χ2v) is 8.02. The zero-order valence-corrected chi connectivity index (χ0v) is 16.3. The van der Waals surface area contributed by atoms with Crippen LogP contribution in [0.5, 0.6) is 0 Å². The molecular weight excluding hydrogens is 411 g/mol. The van der Waals surface area contributed by atoms with E-state index in [0.29, 0.717) is 17.1 Å². The van der Waals surface area contributed by atoms with Crippen LogP contribution in [0.15, 0.2) is 27.5 Å². The van der Waals surface area contributed by atoms with Crippen LogP contribution in [0, 0.1) is 5.92 Å². The molecule has 0 radical (unpaired) electrons. The molecule has 26 heavy (non-hydrogen) atoms. The lowest BCUT2D eigenvalue weighted by molar-refractivity contribution is -0.148. The van der Waals surface area contributed by atoms with E-state index in [-0.39, 0.29) is 23.4 Å². The van der Waals surface area contributed by atoms with E-state index in [4.69, 9.17) is 0 Å². The molecule has 3 rings (SSSR count). The number of hydrogen-bond acceptors (Lipinski definition) is 3. The minimum absolute atomic E-state index is 0.00338. The average Bonchev–Trinajstić information content (AvgIpc) is 2.57. The summed E-state index contributed by atoms with van der Waals surface area (Å²) in [4.78, 5) is 18.8. The topological polar surface area (TPSA) is 38.1 Å². The molecule has 4 nitrogen and oxygen atoms in total. The molecule has 142 valence electrons. The van der Waals surface area contributed by atoms with Crippen molar-refractivity contribution in [1.29, 1.82) is 0 Å². The van der Waals surface area contributed by atoms with E-state index in [2.05, 4.69) is 39.7 Å². The van der Waals surface area contributed by atoms with Crippen LogP contribution in [0.3, 0.4) is 0 Å². The Kier molecular flexibility index (Phi) is 5.44. The van der Waals surface area contributed by atoms with Crippen LogP contribution in [0.4, 0.5) is 13.2 Å². The summed E-state index contributed by atoms with van der Waals surface area (Å²) in [6.45, 7) is 5.82. The number of nitrogens with zero attached hydrogens (tertiary/aromatic N) is 3. The highest BCUT2D eigenvalue weighted by atomic mass is 79.9. The van der Waals surface area contributed by atoms with Crippen molar-refractivity contribution in [3.63, 3.8) is 0 Å². The molecule has 0 bridgehead atoms. The number of hydrogen-bond donors (Lipinski definition) is 0. The molecule has 1 atom stereocenters. The van der Waals surface area contributed by atoms with Gasteiger partial charge in [0, 0.05) is 23.6 Å². The molecule has 1 aliphatic heterocycles. The van der Waals surface area contributed by atoms with Crippen LogP contribution in [-0.2, 0) is 12.7 Å². The Morgan fingerprint density at radius 3 is 2.73 bits per heavy atom. The normalized spacial score (nSPS) is 19.4. The fraction of sp³-hybridized carbons (Fsp3) is 0.556. The summed E-state index contributed by atoms with van der Waals surface area (Å²) in [7, 11) is 0. The fourth-order valence-corrected chi connectivity index (χ4v) is 3.91. The first-order valence-electron chi connectivity index (χ1n) is 8.68. The molecular formula is C18H21BrF3N3O. The maximum absolute atomic E-state index is 13.6. The quantitative estimate of drug-likeness (QED) is 0.726. The molecule has 0 unspecified atom stereocenters. The van der Waals surface area contributed by atoms with Crippen LogP contribution in [-0.4, -0.2) is 33.6 Å². The van der Waals surface area contributed by atoms with Gasteiger partial charge in [-0.15, -0.1) is 0 Å². The number of alkyl halides is 3. The van der Waals surface area contributed by atoms with Gasteiger partial charge in [-0.3, -0.25) is 9.36 Å². The maximum Gasteiger partial charge on any atom is 0.449 e. The molecule has 1 aromatic carbocycles. The van der Waals surface area contributed by atoms with E-state index in [1.54, 1.807) is 6.07 Å². The molecule has 8 heteroatoms. The Hall–Kier alpha value is -1.41. The second kappa shape index (κ2) is 7.31. The smallest absolute Gasteiger partial charge is 0.301 e. The van der Waals surface area contributed by atoms with E-state index in [1.165, 1.54) is 12.1 Å². The molecule has 0 amide bonds. The summed E-state index contributed by atoms with van der Waals surface area (Å²) in [6, 6.07) is 4.88. The van der Waals surface area contributed by atoms with Gasteiger partial charge in [-0.05, 0) is 57.4 Å². The van der Waals surface area contributed by atoms with Gasteiger partial charge in [0.25, 0.3) is 5.56 Å². The van der Waals surface area contributed by atoms with Crippen molar-refractivity contribution in [2.75, 3.05) is 13.1 Å². The molecule has 1 fully saturated rings. The summed E-state index contributed by atoms with van der Waals surface area (Å²) >= 11 is 3.27. The largest absolute Gasteiger partial charge is 0.449 e. The summed E-state index contributed by atoms with van der Waals surface area (Å²) in [5.41, 5.74) is -0.570. The minimum atomic E-state index is -4.67. The van der Waals surface area contributed by atoms with E-state index < -0.39 is 17.6 Å². The lowest BCUT2D eigenvalue weighted by Gasteiger charge is -2.35. The van der Waals surface area contributed by atoms with Gasteiger partial charge in [0.15, 0.2) is 0 Å². The Bertz CT molecular complexity index is 863. The first-order valence-corrected chi connectivity index (χ1v) is 9.47. The van der Waals surface area contributed by atoms with Crippen LogP contribution in [0.2, 0.25) is 0 Å². The van der Waals surface area contributed by atoms with Gasteiger partial charge in [0.2, 0.25) is 5.82 Å². The van der Waals surface area contributed by atoms with E-state index >= 15 is 0 Å². The number of aromatic nitrogens is 2. The fourth-order valence-electron chi connectivity index (χ4n) is 3.55. The first-order chi connectivity index (χ1) is 12.2. The highest BCUT2D eigenvalue weighted by Crippen LogP contribution is 2.30. The molecule has 1 aromatic heterocycles. The van der Waals surface area contributed by atoms with Crippen molar-refractivity contribution < 1.29 is 13.2 Å². The van der Waals surface area contributed by atoms with Crippen molar-refractivity contribution in [1.82, 2.24) is 14.5 Å². The third-order valence-corrected chi connectivity index (χ3v) is 5.38. The number of rotatable bonds is 3. The van der Waals surface area contributed by atoms with Crippen LogP contribution in [0.1, 0.15) is 32.5 Å². The highest BCUT2D eigenvalue weighted by Gasteiger charge is 2.38. The van der Waals surface area contributed by atoms with Gasteiger partial charge in [0.05, 0.1) is 10.9 Å². The van der Waals surface area contributed by atoms with Crippen molar-refractivity contribution in [3.05, 3.63) is 38.9 Å². The Morgan fingerprint density at radius 1 is 1.35 bits per heavy atom.